The highest BCUT2D eigenvalue weighted by Gasteiger charge is 2.15. The van der Waals surface area contributed by atoms with Crippen LogP contribution in [0.4, 0.5) is 0 Å². The van der Waals surface area contributed by atoms with E-state index in [1.54, 1.807) is 7.05 Å². The van der Waals surface area contributed by atoms with E-state index in [1.807, 2.05) is 12.1 Å². The fourth-order valence-electron chi connectivity index (χ4n) is 2.73. The quantitative estimate of drug-likeness (QED) is 0.359. The number of ether oxygens (including phenoxy) is 3. The third-order valence-corrected chi connectivity index (χ3v) is 4.16. The average molecular weight is 364 g/mol. The number of nitrogens with one attached hydrogen (secondary N) is 2. The summed E-state index contributed by atoms with van der Waals surface area (Å²) in [7, 11) is 1.79. The number of guanidine groups is 1. The van der Waals surface area contributed by atoms with Crippen LogP contribution < -0.4 is 15.4 Å². The fraction of sp³-hybridized carbons (Fsp3) is 0.650. The molecule has 1 unspecified atom stereocenters. The fourth-order valence-corrected chi connectivity index (χ4v) is 2.73. The zero-order valence-electron chi connectivity index (χ0n) is 16.1. The summed E-state index contributed by atoms with van der Waals surface area (Å²) >= 11 is 0. The normalized spacial score (nSPS) is 17.3. The van der Waals surface area contributed by atoms with Gasteiger partial charge in [-0.25, -0.2) is 0 Å². The Bertz CT molecular complexity index is 531. The standard InChI is InChI=1S/C20H33N3O3/c1-3-12-25-18-7-4-6-17(15-18)8-11-23-20(21-2)22-10-5-13-26-19-9-14-24-16-19/h4,6-7,15,19H,3,5,8-14,16H2,1-2H3,(H2,21,22,23). The van der Waals surface area contributed by atoms with Crippen LogP contribution in [0.15, 0.2) is 29.3 Å². The van der Waals surface area contributed by atoms with Crippen molar-refractivity contribution in [2.75, 3.05) is 46.6 Å². The molecule has 1 fully saturated rings. The van der Waals surface area contributed by atoms with Crippen LogP contribution in [0.25, 0.3) is 0 Å². The largest absolute Gasteiger partial charge is 0.494 e. The van der Waals surface area contributed by atoms with Gasteiger partial charge in [-0.05, 0) is 43.4 Å². The van der Waals surface area contributed by atoms with Crippen molar-refractivity contribution in [3.05, 3.63) is 29.8 Å². The molecule has 0 radical (unpaired) electrons. The van der Waals surface area contributed by atoms with E-state index in [2.05, 4.69) is 34.7 Å². The first-order valence-corrected chi connectivity index (χ1v) is 9.67. The Morgan fingerprint density at radius 2 is 2.15 bits per heavy atom. The molecule has 0 saturated carbocycles. The average Bonchev–Trinajstić information content (AvgIpc) is 3.18. The van der Waals surface area contributed by atoms with E-state index < -0.39 is 0 Å². The molecule has 6 nitrogen and oxygen atoms in total. The van der Waals surface area contributed by atoms with Crippen molar-refractivity contribution in [1.82, 2.24) is 10.6 Å². The van der Waals surface area contributed by atoms with Gasteiger partial charge in [0.1, 0.15) is 5.75 Å². The molecule has 26 heavy (non-hydrogen) atoms. The van der Waals surface area contributed by atoms with Gasteiger partial charge in [0.05, 0.1) is 19.3 Å². The van der Waals surface area contributed by atoms with E-state index in [-0.39, 0.29) is 6.10 Å². The van der Waals surface area contributed by atoms with Crippen molar-refractivity contribution >= 4 is 5.96 Å². The van der Waals surface area contributed by atoms with Gasteiger partial charge >= 0.3 is 0 Å². The van der Waals surface area contributed by atoms with Crippen LogP contribution in [-0.4, -0.2) is 58.6 Å². The number of hydrogen-bond donors (Lipinski definition) is 2. The number of benzene rings is 1. The van der Waals surface area contributed by atoms with Crippen LogP contribution in [0.1, 0.15) is 31.7 Å². The van der Waals surface area contributed by atoms with E-state index in [4.69, 9.17) is 14.2 Å². The molecular formula is C20H33N3O3. The lowest BCUT2D eigenvalue weighted by atomic mass is 10.1. The highest BCUT2D eigenvalue weighted by Crippen LogP contribution is 2.13. The molecule has 6 heteroatoms. The lowest BCUT2D eigenvalue weighted by Crippen LogP contribution is -2.39. The van der Waals surface area contributed by atoms with Crippen molar-refractivity contribution in [2.24, 2.45) is 4.99 Å². The summed E-state index contributed by atoms with van der Waals surface area (Å²) in [4.78, 5) is 4.26. The maximum Gasteiger partial charge on any atom is 0.190 e. The molecule has 1 heterocycles. The molecule has 1 saturated heterocycles. The highest BCUT2D eigenvalue weighted by atomic mass is 16.5. The molecule has 1 aromatic rings. The van der Waals surface area contributed by atoms with Crippen molar-refractivity contribution < 1.29 is 14.2 Å². The van der Waals surface area contributed by atoms with Crippen LogP contribution in [0.5, 0.6) is 5.75 Å². The second kappa shape index (κ2) is 12.5. The van der Waals surface area contributed by atoms with Gasteiger partial charge in [-0.2, -0.15) is 0 Å². The molecule has 1 aromatic carbocycles. The second-order valence-electron chi connectivity index (χ2n) is 6.38. The van der Waals surface area contributed by atoms with Gasteiger partial charge in [0.2, 0.25) is 0 Å². The van der Waals surface area contributed by atoms with Crippen molar-refractivity contribution in [3.8, 4) is 5.75 Å². The lowest BCUT2D eigenvalue weighted by Gasteiger charge is -2.13. The Balaban J connectivity index is 1.58. The minimum atomic E-state index is 0.282. The number of rotatable bonds is 11. The topological polar surface area (TPSA) is 64.1 Å². The molecule has 0 aromatic heterocycles. The molecule has 0 aliphatic carbocycles. The Morgan fingerprint density at radius 3 is 2.92 bits per heavy atom. The highest BCUT2D eigenvalue weighted by molar-refractivity contribution is 5.79. The van der Waals surface area contributed by atoms with E-state index >= 15 is 0 Å². The zero-order chi connectivity index (χ0) is 18.5. The molecule has 0 amide bonds. The molecular weight excluding hydrogens is 330 g/mol. The maximum absolute atomic E-state index is 5.76. The van der Waals surface area contributed by atoms with Crippen LogP contribution in [0.2, 0.25) is 0 Å². The Labute approximate surface area is 157 Å². The number of hydrogen-bond acceptors (Lipinski definition) is 4. The summed E-state index contributed by atoms with van der Waals surface area (Å²) in [6, 6.07) is 8.29. The van der Waals surface area contributed by atoms with Crippen LogP contribution in [0, 0.1) is 0 Å². The zero-order valence-corrected chi connectivity index (χ0v) is 16.1. The molecule has 0 bridgehead atoms. The Hall–Kier alpha value is -1.79. The summed E-state index contributed by atoms with van der Waals surface area (Å²) < 4.78 is 16.7. The van der Waals surface area contributed by atoms with Gasteiger partial charge in [-0.15, -0.1) is 0 Å². The first-order chi connectivity index (χ1) is 12.8. The summed E-state index contributed by atoms with van der Waals surface area (Å²) in [6.45, 7) is 6.86. The molecule has 2 N–H and O–H groups in total. The van der Waals surface area contributed by atoms with Gasteiger partial charge < -0.3 is 24.8 Å². The van der Waals surface area contributed by atoms with Gasteiger partial charge in [0, 0.05) is 33.4 Å². The molecule has 2 rings (SSSR count). The molecule has 146 valence electrons. The minimum absolute atomic E-state index is 0.282. The predicted molar refractivity (Wildman–Crippen MR) is 105 cm³/mol. The molecule has 1 atom stereocenters. The first kappa shape index (κ1) is 20.5. The van der Waals surface area contributed by atoms with E-state index in [9.17, 15) is 0 Å². The minimum Gasteiger partial charge on any atom is -0.494 e. The molecule has 1 aliphatic heterocycles. The smallest absolute Gasteiger partial charge is 0.190 e. The van der Waals surface area contributed by atoms with Crippen LogP contribution >= 0.6 is 0 Å². The monoisotopic (exact) mass is 363 g/mol. The third-order valence-electron chi connectivity index (χ3n) is 4.16. The first-order valence-electron chi connectivity index (χ1n) is 9.67. The number of aliphatic imine (C=N–C) groups is 1. The summed E-state index contributed by atoms with van der Waals surface area (Å²) in [5.41, 5.74) is 1.26. The predicted octanol–water partition coefficient (Wildman–Crippen LogP) is 2.38. The molecule has 1 aliphatic rings. The van der Waals surface area contributed by atoms with Crippen molar-refractivity contribution in [3.63, 3.8) is 0 Å². The van der Waals surface area contributed by atoms with Crippen molar-refractivity contribution in [2.45, 2.75) is 38.7 Å². The Kier molecular flexibility index (Phi) is 9.90. The lowest BCUT2D eigenvalue weighted by molar-refractivity contribution is 0.0420. The van der Waals surface area contributed by atoms with Gasteiger partial charge in [-0.1, -0.05) is 19.1 Å². The van der Waals surface area contributed by atoms with Gasteiger partial charge in [-0.3, -0.25) is 4.99 Å². The van der Waals surface area contributed by atoms with Gasteiger partial charge in [0.25, 0.3) is 0 Å². The Morgan fingerprint density at radius 1 is 1.27 bits per heavy atom. The second-order valence-corrected chi connectivity index (χ2v) is 6.38. The van der Waals surface area contributed by atoms with E-state index in [1.165, 1.54) is 5.56 Å². The summed E-state index contributed by atoms with van der Waals surface area (Å²) in [5, 5.41) is 6.67. The maximum atomic E-state index is 5.76. The third kappa shape index (κ3) is 8.06. The number of nitrogens with zero attached hydrogens (tertiary/aromatic N) is 1. The van der Waals surface area contributed by atoms with Gasteiger partial charge in [0.15, 0.2) is 5.96 Å². The molecule has 0 spiro atoms. The van der Waals surface area contributed by atoms with E-state index in [0.717, 1.165) is 76.9 Å². The van der Waals surface area contributed by atoms with Crippen molar-refractivity contribution in [1.29, 1.82) is 0 Å². The summed E-state index contributed by atoms with van der Waals surface area (Å²) in [6.07, 6.45) is 4.20. The summed E-state index contributed by atoms with van der Waals surface area (Å²) in [5.74, 6) is 1.77. The van der Waals surface area contributed by atoms with Crippen LogP contribution in [0.3, 0.4) is 0 Å². The SMILES string of the molecule is CCCOc1cccc(CCNC(=NC)NCCCOC2CCOC2)c1. The van der Waals surface area contributed by atoms with E-state index in [0.29, 0.717) is 0 Å². The van der Waals surface area contributed by atoms with Crippen LogP contribution in [-0.2, 0) is 15.9 Å².